The van der Waals surface area contributed by atoms with Gasteiger partial charge in [0.1, 0.15) is 5.82 Å². The number of halogens is 1. The van der Waals surface area contributed by atoms with E-state index >= 15 is 0 Å². The maximum Gasteiger partial charge on any atom is 0.311 e. The summed E-state index contributed by atoms with van der Waals surface area (Å²) in [5.41, 5.74) is 0.541. The quantitative estimate of drug-likeness (QED) is 0.322. The minimum Gasteiger partial charge on any atom is -0.502 e. The average Bonchev–Trinajstić information content (AvgIpc) is 2.95. The number of aromatic hydroxyl groups is 1. The molecule has 3 aromatic rings. The van der Waals surface area contributed by atoms with Gasteiger partial charge in [-0.05, 0) is 48.6 Å². The molecule has 0 aliphatic heterocycles. The topological polar surface area (TPSA) is 109 Å². The van der Waals surface area contributed by atoms with Crippen LogP contribution in [0.4, 0.5) is 10.1 Å². The summed E-state index contributed by atoms with van der Waals surface area (Å²) in [7, 11) is 0. The Morgan fingerprint density at radius 3 is 2.72 bits per heavy atom. The monoisotopic (exact) mass is 359 g/mol. The molecule has 0 aliphatic rings. The molecular formula is C15H10FN5O3S. The van der Waals surface area contributed by atoms with Crippen molar-refractivity contribution in [3.63, 3.8) is 0 Å². The Bertz CT molecular complexity index is 1030. The van der Waals surface area contributed by atoms with Crippen LogP contribution in [0.3, 0.4) is 0 Å². The van der Waals surface area contributed by atoms with Crippen LogP contribution >= 0.6 is 12.2 Å². The van der Waals surface area contributed by atoms with Gasteiger partial charge in [0.15, 0.2) is 11.6 Å². The molecule has 1 aromatic heterocycles. The zero-order chi connectivity index (χ0) is 18.0. The van der Waals surface area contributed by atoms with Crippen LogP contribution in [-0.2, 0) is 0 Å². The van der Waals surface area contributed by atoms with Crippen molar-refractivity contribution < 1.29 is 14.4 Å². The summed E-state index contributed by atoms with van der Waals surface area (Å²) < 4.78 is 14.6. The van der Waals surface area contributed by atoms with Gasteiger partial charge < -0.3 is 5.11 Å². The summed E-state index contributed by atoms with van der Waals surface area (Å²) in [4.78, 5) is 10.2. The van der Waals surface area contributed by atoms with Gasteiger partial charge in [0.2, 0.25) is 4.77 Å². The molecular weight excluding hydrogens is 349 g/mol. The molecule has 8 nitrogen and oxygen atoms in total. The van der Waals surface area contributed by atoms with E-state index in [0.717, 1.165) is 0 Å². The molecule has 0 atom stereocenters. The maximum atomic E-state index is 13.1. The normalized spacial score (nSPS) is 11.1. The van der Waals surface area contributed by atoms with E-state index < -0.39 is 16.4 Å². The van der Waals surface area contributed by atoms with E-state index in [4.69, 9.17) is 12.2 Å². The fourth-order valence-electron chi connectivity index (χ4n) is 2.08. The van der Waals surface area contributed by atoms with Crippen LogP contribution < -0.4 is 0 Å². The second-order valence-corrected chi connectivity index (χ2v) is 5.31. The molecule has 0 radical (unpaired) electrons. The number of nitrogens with one attached hydrogen (secondary N) is 1. The highest BCUT2D eigenvalue weighted by molar-refractivity contribution is 7.71. The number of nitrogens with zero attached hydrogens (tertiary/aromatic N) is 4. The van der Waals surface area contributed by atoms with Crippen LogP contribution in [0.2, 0.25) is 0 Å². The molecule has 2 aromatic carbocycles. The van der Waals surface area contributed by atoms with Gasteiger partial charge in [-0.1, -0.05) is 0 Å². The van der Waals surface area contributed by atoms with Gasteiger partial charge in [-0.25, -0.2) is 9.49 Å². The van der Waals surface area contributed by atoms with Gasteiger partial charge in [-0.15, -0.1) is 0 Å². The minimum absolute atomic E-state index is 0.198. The molecule has 0 amide bonds. The number of rotatable bonds is 4. The zero-order valence-corrected chi connectivity index (χ0v) is 13.3. The maximum absolute atomic E-state index is 13.1. The summed E-state index contributed by atoms with van der Waals surface area (Å²) >= 11 is 5.11. The number of phenolic OH excluding ortho intramolecular Hbond substituents is 1. The highest BCUT2D eigenvalue weighted by atomic mass is 32.1. The Labute approximate surface area is 145 Å². The Balaban J connectivity index is 1.99. The van der Waals surface area contributed by atoms with E-state index in [1.807, 2.05) is 0 Å². The van der Waals surface area contributed by atoms with Crippen molar-refractivity contribution in [2.75, 3.05) is 0 Å². The smallest absolute Gasteiger partial charge is 0.311 e. The van der Waals surface area contributed by atoms with Crippen LogP contribution in [0.25, 0.3) is 11.4 Å². The standard InChI is InChI=1S/C15H10FN5O3S/c16-11-4-2-10(3-5-11)14-18-19-15(25)20(14)17-8-9-1-6-13(22)12(7-9)21(23)24/h1-8,22H,(H,19,25)/b17-8+. The molecule has 0 aliphatic carbocycles. The van der Waals surface area contributed by atoms with Crippen LogP contribution in [0, 0.1) is 20.7 Å². The van der Waals surface area contributed by atoms with Crippen molar-refractivity contribution >= 4 is 24.1 Å². The first kappa shape index (κ1) is 16.5. The van der Waals surface area contributed by atoms with Crippen LogP contribution in [0.5, 0.6) is 5.75 Å². The highest BCUT2D eigenvalue weighted by Gasteiger charge is 2.13. The molecule has 10 heteroatoms. The fraction of sp³-hybridized carbons (Fsp3) is 0. The number of aromatic amines is 1. The third-order valence-corrected chi connectivity index (χ3v) is 3.54. The Kier molecular flexibility index (Phi) is 4.35. The largest absolute Gasteiger partial charge is 0.502 e. The van der Waals surface area contributed by atoms with Crippen molar-refractivity contribution in [3.05, 3.63) is 68.7 Å². The lowest BCUT2D eigenvalue weighted by atomic mass is 10.2. The van der Waals surface area contributed by atoms with E-state index in [1.165, 1.54) is 53.4 Å². The molecule has 0 spiro atoms. The number of phenols is 1. The molecule has 1 heterocycles. The number of hydrogen-bond acceptors (Lipinski definition) is 6. The van der Waals surface area contributed by atoms with E-state index in [0.29, 0.717) is 17.0 Å². The lowest BCUT2D eigenvalue weighted by Crippen LogP contribution is -1.96. The number of nitro groups is 1. The first-order chi connectivity index (χ1) is 12.0. The molecule has 2 N–H and O–H groups in total. The first-order valence-electron chi connectivity index (χ1n) is 6.91. The summed E-state index contributed by atoms with van der Waals surface area (Å²) in [5.74, 6) is -0.465. The van der Waals surface area contributed by atoms with Gasteiger partial charge in [-0.3, -0.25) is 10.1 Å². The summed E-state index contributed by atoms with van der Waals surface area (Å²) in [6.07, 6.45) is 1.34. The molecule has 0 fully saturated rings. The van der Waals surface area contributed by atoms with Gasteiger partial charge in [0, 0.05) is 17.2 Å². The van der Waals surface area contributed by atoms with Gasteiger partial charge in [0.25, 0.3) is 0 Å². The van der Waals surface area contributed by atoms with E-state index in [9.17, 15) is 19.6 Å². The van der Waals surface area contributed by atoms with Crippen molar-refractivity contribution in [2.24, 2.45) is 5.10 Å². The summed E-state index contributed by atoms with van der Waals surface area (Å²) in [6, 6.07) is 9.46. The third-order valence-electron chi connectivity index (χ3n) is 3.27. The third kappa shape index (κ3) is 3.43. The number of hydrogen-bond donors (Lipinski definition) is 2. The summed E-state index contributed by atoms with van der Waals surface area (Å²) in [5, 5.41) is 31.1. The molecule has 0 saturated carbocycles. The van der Waals surface area contributed by atoms with Crippen molar-refractivity contribution in [1.82, 2.24) is 14.9 Å². The second-order valence-electron chi connectivity index (χ2n) is 4.92. The van der Waals surface area contributed by atoms with Gasteiger partial charge in [-0.2, -0.15) is 14.9 Å². The molecule has 3 rings (SSSR count). The number of nitro benzene ring substituents is 1. The lowest BCUT2D eigenvalue weighted by Gasteiger charge is -2.01. The van der Waals surface area contributed by atoms with Crippen molar-refractivity contribution in [1.29, 1.82) is 0 Å². The predicted octanol–water partition coefficient (Wildman–Crippen LogP) is 3.24. The Morgan fingerprint density at radius 1 is 1.32 bits per heavy atom. The number of aromatic nitrogens is 3. The number of benzene rings is 2. The minimum atomic E-state index is -0.694. The van der Waals surface area contributed by atoms with Crippen molar-refractivity contribution in [2.45, 2.75) is 0 Å². The number of H-pyrrole nitrogens is 1. The molecule has 0 saturated heterocycles. The summed E-state index contributed by atoms with van der Waals surface area (Å²) in [6.45, 7) is 0. The van der Waals surface area contributed by atoms with E-state index in [-0.39, 0.29) is 10.6 Å². The van der Waals surface area contributed by atoms with Crippen LogP contribution in [-0.4, -0.2) is 31.1 Å². The molecule has 0 bridgehead atoms. The Morgan fingerprint density at radius 2 is 2.04 bits per heavy atom. The molecule has 25 heavy (non-hydrogen) atoms. The Hall–Kier alpha value is -3.40. The fourth-order valence-corrected chi connectivity index (χ4v) is 2.26. The van der Waals surface area contributed by atoms with Crippen LogP contribution in [0.15, 0.2) is 47.6 Å². The van der Waals surface area contributed by atoms with E-state index in [1.54, 1.807) is 0 Å². The predicted molar refractivity (Wildman–Crippen MR) is 90.6 cm³/mol. The SMILES string of the molecule is O=[N+]([O-])c1cc(/C=N/n2c(-c3ccc(F)cc3)n[nH]c2=S)ccc1O. The molecule has 126 valence electrons. The highest BCUT2D eigenvalue weighted by Crippen LogP contribution is 2.25. The van der Waals surface area contributed by atoms with Gasteiger partial charge in [0.05, 0.1) is 11.1 Å². The average molecular weight is 359 g/mol. The van der Waals surface area contributed by atoms with E-state index in [2.05, 4.69) is 15.3 Å². The lowest BCUT2D eigenvalue weighted by molar-refractivity contribution is -0.385. The first-order valence-corrected chi connectivity index (χ1v) is 7.31. The van der Waals surface area contributed by atoms with Gasteiger partial charge >= 0.3 is 5.69 Å². The van der Waals surface area contributed by atoms with Crippen molar-refractivity contribution in [3.8, 4) is 17.1 Å². The zero-order valence-electron chi connectivity index (χ0n) is 12.5. The molecule has 0 unspecified atom stereocenters. The van der Waals surface area contributed by atoms with Crippen LogP contribution in [0.1, 0.15) is 5.56 Å². The second kappa shape index (κ2) is 6.61.